The molecule has 0 saturated carbocycles. The number of rotatable bonds is 16. The quantitative estimate of drug-likeness (QED) is 0.145. The summed E-state index contributed by atoms with van der Waals surface area (Å²) in [6.07, 6.45) is 0. The van der Waals surface area contributed by atoms with Crippen LogP contribution in [0.15, 0.2) is 48.5 Å². The maximum atomic E-state index is 10.8. The second-order valence-corrected chi connectivity index (χ2v) is 7.43. The average molecular weight is 525 g/mol. The second-order valence-electron chi connectivity index (χ2n) is 7.43. The molecule has 2 aromatic carbocycles. The minimum atomic E-state index is -0.0782. The van der Waals surface area contributed by atoms with Crippen LogP contribution < -0.4 is 22.5 Å². The number of anilines is 2. The lowest BCUT2D eigenvalue weighted by molar-refractivity contribution is -0.114. The van der Waals surface area contributed by atoms with Crippen LogP contribution in [0.1, 0.15) is 18.1 Å². The molecule has 0 aliphatic heterocycles. The fourth-order valence-corrected chi connectivity index (χ4v) is 2.34. The Morgan fingerprint density at radius 2 is 1.14 bits per heavy atom. The zero-order valence-corrected chi connectivity index (χ0v) is 22.3. The highest BCUT2D eigenvalue weighted by Crippen LogP contribution is 2.10. The van der Waals surface area contributed by atoms with Crippen molar-refractivity contribution in [3.63, 3.8) is 0 Å². The topological polar surface area (TPSA) is 163 Å². The molecule has 2 aromatic rings. The molecule has 1 amide bonds. The largest absolute Gasteiger partial charge is 0.399 e. The molecule has 0 radical (unpaired) electrons. The van der Waals surface area contributed by atoms with Crippen molar-refractivity contribution < 1.29 is 33.2 Å². The van der Waals surface area contributed by atoms with E-state index in [1.54, 1.807) is 14.2 Å². The van der Waals surface area contributed by atoms with Crippen LogP contribution in [0.5, 0.6) is 0 Å². The van der Waals surface area contributed by atoms with Crippen molar-refractivity contribution >= 4 is 17.3 Å². The first-order chi connectivity index (χ1) is 18.0. The molecule has 37 heavy (non-hydrogen) atoms. The highest BCUT2D eigenvalue weighted by atomic mass is 16.7. The van der Waals surface area contributed by atoms with Crippen LogP contribution in [0.25, 0.3) is 0 Å². The molecule has 0 spiro atoms. The highest BCUT2D eigenvalue weighted by molar-refractivity contribution is 5.88. The van der Waals surface area contributed by atoms with Crippen molar-refractivity contribution in [3.8, 4) is 0 Å². The van der Waals surface area contributed by atoms with Crippen molar-refractivity contribution in [1.82, 2.24) is 0 Å². The first kappa shape index (κ1) is 34.4. The third kappa shape index (κ3) is 22.3. The first-order valence-electron chi connectivity index (χ1n) is 11.9. The summed E-state index contributed by atoms with van der Waals surface area (Å²) in [5.74, 6) is -0.0782. The number of nitrogens with one attached hydrogen (secondary N) is 1. The molecule has 0 unspecified atom stereocenters. The van der Waals surface area contributed by atoms with Gasteiger partial charge < -0.3 is 50.9 Å². The van der Waals surface area contributed by atoms with Gasteiger partial charge in [-0.15, -0.1) is 0 Å². The molecule has 0 fully saturated rings. The number of nitrogens with two attached hydrogens (primary N) is 3. The third-order valence-corrected chi connectivity index (χ3v) is 4.16. The van der Waals surface area contributed by atoms with Gasteiger partial charge in [0.1, 0.15) is 13.6 Å². The molecule has 0 aliphatic carbocycles. The van der Waals surface area contributed by atoms with Gasteiger partial charge in [-0.2, -0.15) is 0 Å². The molecule has 11 heteroatoms. The SMILES string of the molecule is COCCOCOCc1ccc(N)cc1.COCCOCOCc1ccc(NC(C)=O)cc1.NCCN. The molecule has 0 saturated heterocycles. The van der Waals surface area contributed by atoms with Crippen LogP contribution in [0.3, 0.4) is 0 Å². The van der Waals surface area contributed by atoms with Gasteiger partial charge in [-0.05, 0) is 35.4 Å². The standard InChI is InChI=1S/C13H19NO4.C11H17NO3.C2H8N2/c1-11(15)14-13-5-3-12(4-6-13)9-18-10-17-8-7-16-2;1-13-6-7-14-9-15-8-10-2-4-11(12)5-3-10;3-1-2-4/h3-6H,7-10H2,1-2H3,(H,14,15);2-5H,6-9,12H2,1H3;1-4H2. The van der Waals surface area contributed by atoms with Crippen molar-refractivity contribution in [3.05, 3.63) is 59.7 Å². The summed E-state index contributed by atoms with van der Waals surface area (Å²) in [7, 11) is 3.26. The Kier molecular flexibility index (Phi) is 23.3. The first-order valence-corrected chi connectivity index (χ1v) is 11.9. The Hall–Kier alpha value is -2.61. The molecule has 0 atom stereocenters. The van der Waals surface area contributed by atoms with E-state index in [0.29, 0.717) is 52.7 Å². The molecule has 2 rings (SSSR count). The molecule has 0 heterocycles. The van der Waals surface area contributed by atoms with Gasteiger partial charge in [0.25, 0.3) is 0 Å². The minimum Gasteiger partial charge on any atom is -0.399 e. The molecule has 11 nitrogen and oxygen atoms in total. The normalized spacial score (nSPS) is 10.1. The van der Waals surface area contributed by atoms with Crippen LogP contribution in [0.2, 0.25) is 0 Å². The van der Waals surface area contributed by atoms with Crippen molar-refractivity contribution in [1.29, 1.82) is 0 Å². The van der Waals surface area contributed by atoms with E-state index >= 15 is 0 Å². The van der Waals surface area contributed by atoms with Crippen molar-refractivity contribution in [2.45, 2.75) is 20.1 Å². The van der Waals surface area contributed by atoms with E-state index in [-0.39, 0.29) is 19.5 Å². The predicted molar refractivity (Wildman–Crippen MR) is 145 cm³/mol. The lowest BCUT2D eigenvalue weighted by Gasteiger charge is -2.06. The number of benzene rings is 2. The Morgan fingerprint density at radius 3 is 1.51 bits per heavy atom. The van der Waals surface area contributed by atoms with Crippen molar-refractivity contribution in [2.24, 2.45) is 11.5 Å². The third-order valence-electron chi connectivity index (χ3n) is 4.16. The van der Waals surface area contributed by atoms with Crippen LogP contribution in [0, 0.1) is 0 Å². The van der Waals surface area contributed by atoms with E-state index in [0.717, 1.165) is 22.5 Å². The van der Waals surface area contributed by atoms with Crippen LogP contribution in [-0.2, 0) is 46.4 Å². The van der Waals surface area contributed by atoms with E-state index in [9.17, 15) is 4.79 Å². The molecule has 0 aliphatic rings. The number of hydrogen-bond donors (Lipinski definition) is 4. The van der Waals surface area contributed by atoms with Gasteiger partial charge in [-0.1, -0.05) is 24.3 Å². The lowest BCUT2D eigenvalue weighted by Crippen LogP contribution is -2.11. The van der Waals surface area contributed by atoms with Gasteiger partial charge in [0.2, 0.25) is 5.91 Å². The maximum Gasteiger partial charge on any atom is 0.221 e. The summed E-state index contributed by atoms with van der Waals surface area (Å²) in [4.78, 5) is 10.8. The van der Waals surface area contributed by atoms with Gasteiger partial charge >= 0.3 is 0 Å². The molecular weight excluding hydrogens is 480 g/mol. The number of methoxy groups -OCH3 is 2. The number of ether oxygens (including phenoxy) is 6. The molecule has 0 aromatic heterocycles. The Labute approximate surface area is 220 Å². The van der Waals surface area contributed by atoms with E-state index in [1.165, 1.54) is 6.92 Å². The van der Waals surface area contributed by atoms with Gasteiger partial charge in [-0.25, -0.2) is 0 Å². The summed E-state index contributed by atoms with van der Waals surface area (Å²) < 4.78 is 30.6. The van der Waals surface area contributed by atoms with Crippen LogP contribution in [-0.4, -0.2) is 73.2 Å². The molecule has 7 N–H and O–H groups in total. The van der Waals surface area contributed by atoms with Crippen LogP contribution >= 0.6 is 0 Å². The van der Waals surface area contributed by atoms with Crippen molar-refractivity contribution in [2.75, 3.05) is 78.4 Å². The molecular formula is C26H44N4O7. The smallest absolute Gasteiger partial charge is 0.221 e. The van der Waals surface area contributed by atoms with Crippen LogP contribution in [0.4, 0.5) is 11.4 Å². The molecule has 0 bridgehead atoms. The fourth-order valence-electron chi connectivity index (χ4n) is 2.34. The van der Waals surface area contributed by atoms with E-state index < -0.39 is 0 Å². The number of amides is 1. The average Bonchev–Trinajstić information content (AvgIpc) is 2.90. The van der Waals surface area contributed by atoms with Gasteiger partial charge in [0.05, 0.1) is 39.6 Å². The lowest BCUT2D eigenvalue weighted by atomic mass is 10.2. The summed E-state index contributed by atoms with van der Waals surface area (Å²) in [6.45, 7) is 6.45. The Bertz CT molecular complexity index is 775. The Morgan fingerprint density at radius 1 is 0.703 bits per heavy atom. The number of nitrogen functional groups attached to an aromatic ring is 1. The van der Waals surface area contributed by atoms with E-state index in [1.807, 2.05) is 48.5 Å². The number of hydrogen-bond acceptors (Lipinski definition) is 10. The number of carbonyl (C=O) groups is 1. The summed E-state index contributed by atoms with van der Waals surface area (Å²) in [5, 5.41) is 2.70. The summed E-state index contributed by atoms with van der Waals surface area (Å²) >= 11 is 0. The van der Waals surface area contributed by atoms with Gasteiger partial charge in [0.15, 0.2) is 0 Å². The van der Waals surface area contributed by atoms with Gasteiger partial charge in [0, 0.05) is 45.6 Å². The fraction of sp³-hybridized carbons (Fsp3) is 0.500. The highest BCUT2D eigenvalue weighted by Gasteiger charge is 1.97. The van der Waals surface area contributed by atoms with Gasteiger partial charge in [-0.3, -0.25) is 4.79 Å². The monoisotopic (exact) mass is 524 g/mol. The maximum absolute atomic E-state index is 10.8. The van der Waals surface area contributed by atoms with E-state index in [4.69, 9.17) is 45.6 Å². The summed E-state index contributed by atoms with van der Waals surface area (Å²) in [6, 6.07) is 15.1. The zero-order valence-electron chi connectivity index (χ0n) is 22.3. The summed E-state index contributed by atoms with van der Waals surface area (Å²) in [5.41, 5.74) is 19.0. The molecule has 210 valence electrons. The van der Waals surface area contributed by atoms with E-state index in [2.05, 4.69) is 5.32 Å². The zero-order chi connectivity index (χ0) is 27.6. The minimum absolute atomic E-state index is 0.0782. The second kappa shape index (κ2) is 25.1. The Balaban J connectivity index is 0.000000619. The predicted octanol–water partition coefficient (Wildman–Crippen LogP) is 2.09. The number of carbonyl (C=O) groups excluding carboxylic acids is 1.